The monoisotopic (exact) mass is 273 g/mol. The van der Waals surface area contributed by atoms with Crippen LogP contribution >= 0.6 is 11.8 Å². The number of amides is 1. The van der Waals surface area contributed by atoms with Gasteiger partial charge in [0, 0.05) is 12.3 Å². The number of aromatic amines is 1. The molecule has 102 valence electrons. The summed E-state index contributed by atoms with van der Waals surface area (Å²) < 4.78 is 1.57. The number of hydrogen-bond acceptors (Lipinski definition) is 5. The average Bonchev–Trinajstić information content (AvgIpc) is 2.61. The molecule has 18 heavy (non-hydrogen) atoms. The summed E-state index contributed by atoms with van der Waals surface area (Å²) in [5.41, 5.74) is 9.68. The molecule has 5 N–H and O–H groups in total. The van der Waals surface area contributed by atoms with Crippen molar-refractivity contribution in [2.24, 2.45) is 11.5 Å². The zero-order valence-corrected chi connectivity index (χ0v) is 11.4. The molecule has 7 nitrogen and oxygen atoms in total. The van der Waals surface area contributed by atoms with Gasteiger partial charge in [0.15, 0.2) is 5.16 Å². The first-order chi connectivity index (χ1) is 8.38. The fourth-order valence-corrected chi connectivity index (χ4v) is 2.46. The molecule has 0 aliphatic rings. The van der Waals surface area contributed by atoms with E-state index >= 15 is 0 Å². The topological polar surface area (TPSA) is 120 Å². The van der Waals surface area contributed by atoms with Crippen LogP contribution in [0, 0.1) is 0 Å². The van der Waals surface area contributed by atoms with Gasteiger partial charge in [0.25, 0.3) is 0 Å². The smallest absolute Gasteiger partial charge is 0.343 e. The summed E-state index contributed by atoms with van der Waals surface area (Å²) >= 11 is 1.38. The van der Waals surface area contributed by atoms with Gasteiger partial charge in [-0.15, -0.1) is 5.10 Å². The molecule has 0 fully saturated rings. The van der Waals surface area contributed by atoms with Gasteiger partial charge in [-0.2, -0.15) is 0 Å². The summed E-state index contributed by atoms with van der Waals surface area (Å²) in [5.74, 6) is 0.0420. The van der Waals surface area contributed by atoms with Crippen molar-refractivity contribution in [2.75, 3.05) is 5.75 Å². The minimum Gasteiger partial charge on any atom is -0.368 e. The fraction of sp³-hybridized carbons (Fsp3) is 0.700. The van der Waals surface area contributed by atoms with Crippen LogP contribution in [0.3, 0.4) is 0 Å². The number of rotatable bonds is 7. The highest BCUT2D eigenvalue weighted by Gasteiger charge is 2.25. The summed E-state index contributed by atoms with van der Waals surface area (Å²) in [6.45, 7) is 4.20. The van der Waals surface area contributed by atoms with E-state index in [1.807, 2.05) is 6.92 Å². The second-order valence-corrected chi connectivity index (χ2v) is 5.41. The molecule has 0 aliphatic carbocycles. The summed E-state index contributed by atoms with van der Waals surface area (Å²) in [4.78, 5) is 22.5. The van der Waals surface area contributed by atoms with E-state index in [0.717, 1.165) is 6.42 Å². The molecule has 1 unspecified atom stereocenters. The van der Waals surface area contributed by atoms with Crippen molar-refractivity contribution < 1.29 is 4.79 Å². The molecule has 0 saturated heterocycles. The Hall–Kier alpha value is -1.28. The summed E-state index contributed by atoms with van der Waals surface area (Å²) in [7, 11) is 0. The lowest BCUT2D eigenvalue weighted by molar-refractivity contribution is -0.122. The average molecular weight is 273 g/mol. The Balaban J connectivity index is 2.59. The van der Waals surface area contributed by atoms with Crippen molar-refractivity contribution >= 4 is 17.7 Å². The van der Waals surface area contributed by atoms with Gasteiger partial charge in [-0.05, 0) is 19.8 Å². The van der Waals surface area contributed by atoms with Crippen molar-refractivity contribution in [1.29, 1.82) is 0 Å². The highest BCUT2D eigenvalue weighted by molar-refractivity contribution is 7.99. The van der Waals surface area contributed by atoms with Crippen LogP contribution in [-0.4, -0.2) is 32.0 Å². The van der Waals surface area contributed by atoms with Gasteiger partial charge in [0.2, 0.25) is 5.91 Å². The van der Waals surface area contributed by atoms with Gasteiger partial charge < -0.3 is 11.5 Å². The third-order valence-corrected chi connectivity index (χ3v) is 3.56. The highest BCUT2D eigenvalue weighted by Crippen LogP contribution is 2.18. The highest BCUT2D eigenvalue weighted by atomic mass is 32.2. The van der Waals surface area contributed by atoms with Crippen LogP contribution in [0.1, 0.15) is 26.7 Å². The van der Waals surface area contributed by atoms with Crippen LogP contribution in [0.2, 0.25) is 0 Å². The number of nitrogens with one attached hydrogen (secondary N) is 1. The minimum atomic E-state index is -1.03. The van der Waals surface area contributed by atoms with E-state index in [4.69, 9.17) is 11.5 Å². The fourth-order valence-electron chi connectivity index (χ4n) is 1.31. The molecule has 1 rings (SSSR count). The van der Waals surface area contributed by atoms with Crippen LogP contribution in [0.4, 0.5) is 0 Å². The Kier molecular flexibility index (Phi) is 4.97. The summed E-state index contributed by atoms with van der Waals surface area (Å²) in [6.07, 6.45) is 1.28. The van der Waals surface area contributed by atoms with E-state index in [9.17, 15) is 9.59 Å². The van der Waals surface area contributed by atoms with Crippen LogP contribution in [0.15, 0.2) is 9.95 Å². The van der Waals surface area contributed by atoms with Gasteiger partial charge in [-0.1, -0.05) is 18.7 Å². The Labute approximate surface area is 109 Å². The van der Waals surface area contributed by atoms with Crippen molar-refractivity contribution in [3.8, 4) is 0 Å². The second kappa shape index (κ2) is 6.05. The first-order valence-corrected chi connectivity index (χ1v) is 6.74. The first-order valence-electron chi connectivity index (χ1n) is 5.75. The van der Waals surface area contributed by atoms with E-state index < -0.39 is 11.4 Å². The lowest BCUT2D eigenvalue weighted by Gasteiger charge is -2.19. The maximum absolute atomic E-state index is 11.4. The second-order valence-electron chi connectivity index (χ2n) is 4.34. The van der Waals surface area contributed by atoms with Crippen LogP contribution in [0.5, 0.6) is 0 Å². The largest absolute Gasteiger partial charge is 0.368 e. The number of carbonyl (C=O) groups excluding carboxylic acids is 1. The molecule has 0 bridgehead atoms. The molecule has 1 atom stereocenters. The predicted molar refractivity (Wildman–Crippen MR) is 70.3 cm³/mol. The Morgan fingerprint density at radius 3 is 2.83 bits per heavy atom. The molecule has 0 saturated carbocycles. The Bertz CT molecular complexity index is 465. The molecule has 0 radical (unpaired) electrons. The number of hydrogen-bond donors (Lipinski definition) is 3. The van der Waals surface area contributed by atoms with Crippen LogP contribution < -0.4 is 17.2 Å². The third kappa shape index (κ3) is 3.61. The van der Waals surface area contributed by atoms with E-state index in [1.165, 1.54) is 11.8 Å². The van der Waals surface area contributed by atoms with Gasteiger partial charge in [0.05, 0.1) is 5.54 Å². The van der Waals surface area contributed by atoms with E-state index in [0.29, 0.717) is 23.9 Å². The molecular formula is C10H19N5O2S. The molecule has 0 aliphatic heterocycles. The van der Waals surface area contributed by atoms with Crippen LogP contribution in [-0.2, 0) is 11.3 Å². The van der Waals surface area contributed by atoms with Crippen molar-refractivity contribution in [3.63, 3.8) is 0 Å². The van der Waals surface area contributed by atoms with E-state index in [-0.39, 0.29) is 5.69 Å². The molecule has 1 aromatic rings. The number of primary amides is 1. The molecule has 1 heterocycles. The number of H-pyrrole nitrogens is 1. The normalized spacial score (nSPS) is 14.4. The Morgan fingerprint density at radius 2 is 2.28 bits per heavy atom. The van der Waals surface area contributed by atoms with Crippen molar-refractivity contribution in [1.82, 2.24) is 14.8 Å². The maximum atomic E-state index is 11.4. The maximum Gasteiger partial charge on any atom is 0.343 e. The lowest BCUT2D eigenvalue weighted by Crippen LogP contribution is -2.49. The zero-order valence-electron chi connectivity index (χ0n) is 10.6. The molecule has 0 spiro atoms. The van der Waals surface area contributed by atoms with Gasteiger partial charge in [-0.25, -0.2) is 9.89 Å². The number of aromatic nitrogens is 3. The minimum absolute atomic E-state index is 0.218. The van der Waals surface area contributed by atoms with E-state index in [2.05, 4.69) is 10.2 Å². The number of thioether (sulfide) groups is 1. The number of carbonyl (C=O) groups is 1. The summed E-state index contributed by atoms with van der Waals surface area (Å²) in [5, 5.41) is 6.95. The van der Waals surface area contributed by atoms with Gasteiger partial charge in [-0.3, -0.25) is 9.36 Å². The van der Waals surface area contributed by atoms with Crippen molar-refractivity contribution in [3.05, 3.63) is 10.5 Å². The number of nitrogens with zero attached hydrogens (tertiary/aromatic N) is 2. The third-order valence-electron chi connectivity index (χ3n) is 2.59. The molecule has 1 aromatic heterocycles. The molecular weight excluding hydrogens is 254 g/mol. The summed E-state index contributed by atoms with van der Waals surface area (Å²) in [6, 6.07) is 0. The lowest BCUT2D eigenvalue weighted by atomic mass is 10.0. The first kappa shape index (κ1) is 14.8. The zero-order chi connectivity index (χ0) is 13.8. The van der Waals surface area contributed by atoms with Crippen molar-refractivity contribution in [2.45, 2.75) is 43.9 Å². The van der Waals surface area contributed by atoms with E-state index in [1.54, 1.807) is 11.5 Å². The van der Waals surface area contributed by atoms with Crippen LogP contribution in [0.25, 0.3) is 0 Å². The quantitative estimate of drug-likeness (QED) is 0.587. The molecule has 8 heteroatoms. The SMILES string of the molecule is CCCn1c(SCCC(C)(N)C(N)=O)n[nH]c1=O. The molecule has 0 aromatic carbocycles. The number of nitrogens with two attached hydrogens (primary N) is 2. The standard InChI is InChI=1S/C10H19N5O2S/c1-3-5-15-8(17)13-14-9(15)18-6-4-10(2,12)7(11)16/h3-6,12H2,1-2H3,(H2,11,16)(H,13,17). The molecule has 1 amide bonds. The predicted octanol–water partition coefficient (Wildman–Crippen LogP) is -0.334. The Morgan fingerprint density at radius 1 is 1.61 bits per heavy atom. The van der Waals surface area contributed by atoms with Gasteiger partial charge >= 0.3 is 5.69 Å². The van der Waals surface area contributed by atoms with Gasteiger partial charge in [0.1, 0.15) is 0 Å².